The van der Waals surface area contributed by atoms with Crippen molar-refractivity contribution in [3.63, 3.8) is 0 Å². The summed E-state index contributed by atoms with van der Waals surface area (Å²) in [6.45, 7) is 8.61. The van der Waals surface area contributed by atoms with Gasteiger partial charge in [0.2, 0.25) is 0 Å². The Kier molecular flexibility index (Phi) is 13.5. The maximum Gasteiger partial charge on any atom is 0.0684 e. The van der Waals surface area contributed by atoms with E-state index in [0.717, 1.165) is 49.5 Å². The molecule has 0 atom stereocenters. The summed E-state index contributed by atoms with van der Waals surface area (Å²) in [6, 6.07) is 29.7. The van der Waals surface area contributed by atoms with Crippen molar-refractivity contribution in [2.45, 2.75) is 46.5 Å². The van der Waals surface area contributed by atoms with Gasteiger partial charge in [-0.25, -0.2) is 0 Å². The van der Waals surface area contributed by atoms with Crippen LogP contribution in [-0.2, 0) is 47.0 Å². The van der Waals surface area contributed by atoms with Crippen LogP contribution in [0.4, 0.5) is 11.4 Å². The number of rotatable bonds is 9. The van der Waals surface area contributed by atoms with E-state index in [9.17, 15) is 0 Å². The summed E-state index contributed by atoms with van der Waals surface area (Å²) in [7, 11) is 0. The second-order valence-electron chi connectivity index (χ2n) is 10.7. The van der Waals surface area contributed by atoms with Gasteiger partial charge in [0.25, 0.3) is 0 Å². The van der Waals surface area contributed by atoms with Gasteiger partial charge in [0.15, 0.2) is 0 Å². The third-order valence-electron chi connectivity index (χ3n) is 7.39. The topological polar surface area (TPSA) is 50.5 Å². The van der Waals surface area contributed by atoms with Gasteiger partial charge in [0.05, 0.1) is 11.4 Å². The Hall–Kier alpha value is -3.18. The Balaban J connectivity index is 0.00000264. The van der Waals surface area contributed by atoms with Gasteiger partial charge in [-0.1, -0.05) is 64.5 Å². The molecule has 0 saturated heterocycles. The monoisotopic (exact) mass is 740 g/mol. The summed E-state index contributed by atoms with van der Waals surface area (Å²) in [4.78, 5) is 18.5. The van der Waals surface area contributed by atoms with Crippen molar-refractivity contribution in [1.29, 1.82) is 0 Å². The summed E-state index contributed by atoms with van der Waals surface area (Å²) >= 11 is 3.61. The smallest absolute Gasteiger partial charge is 0.0684 e. The molecule has 4 nitrogen and oxygen atoms in total. The third kappa shape index (κ3) is 8.94. The van der Waals surface area contributed by atoms with E-state index in [1.165, 1.54) is 16.7 Å². The Labute approximate surface area is 290 Å². The number of benzene rings is 3. The van der Waals surface area contributed by atoms with E-state index in [1.54, 1.807) is 0 Å². The molecule has 2 heterocycles. The zero-order chi connectivity index (χ0) is 29.5. The zero-order valence-electron chi connectivity index (χ0n) is 25.2. The SMILES string of the molecule is Cc1cc(C(c2ccc(Br)cc2)c2cc(C)c(N=CCc3ccccn3)c(C)c2)cc(C)c1N=CCc1ccccn1.[Cu].[Cu]. The largest absolute Gasteiger partial charge is 0.261 e. The number of aromatic nitrogens is 2. The van der Waals surface area contributed by atoms with Gasteiger partial charge in [-0.15, -0.1) is 0 Å². The summed E-state index contributed by atoms with van der Waals surface area (Å²) in [5.41, 5.74) is 12.5. The first-order chi connectivity index (χ1) is 20.4. The van der Waals surface area contributed by atoms with Crippen LogP contribution in [0.15, 0.2) is 112 Å². The molecule has 0 aliphatic rings. The molecule has 0 bridgehead atoms. The van der Waals surface area contributed by atoms with E-state index in [1.807, 2.05) is 61.2 Å². The molecule has 5 rings (SSSR count). The van der Waals surface area contributed by atoms with Crippen LogP contribution in [0.1, 0.15) is 56.2 Å². The predicted octanol–water partition coefficient (Wildman–Crippen LogP) is 9.54. The predicted molar refractivity (Wildman–Crippen MR) is 179 cm³/mol. The first kappa shape index (κ1) is 35.3. The summed E-state index contributed by atoms with van der Waals surface area (Å²) in [6.07, 6.45) is 8.98. The normalized spacial score (nSPS) is 11.8. The Morgan fingerprint density at radius 2 is 1.00 bits per heavy atom. The van der Waals surface area contributed by atoms with Crippen LogP contribution in [0, 0.1) is 27.7 Å². The van der Waals surface area contributed by atoms with Crippen LogP contribution in [0.5, 0.6) is 0 Å². The molecule has 0 unspecified atom stereocenters. The Bertz CT molecular complexity index is 1570. The molecule has 0 N–H and O–H groups in total. The van der Waals surface area contributed by atoms with Crippen molar-refractivity contribution >= 4 is 39.7 Å². The number of pyridine rings is 2. The van der Waals surface area contributed by atoms with E-state index >= 15 is 0 Å². The van der Waals surface area contributed by atoms with Gasteiger partial charge in [0.1, 0.15) is 0 Å². The van der Waals surface area contributed by atoms with Gasteiger partial charge >= 0.3 is 0 Å². The molecule has 0 aliphatic heterocycles. The number of hydrogen-bond donors (Lipinski definition) is 0. The molecule has 0 spiro atoms. The van der Waals surface area contributed by atoms with Gasteiger partial charge in [-0.3, -0.25) is 20.0 Å². The molecule has 44 heavy (non-hydrogen) atoms. The first-order valence-electron chi connectivity index (χ1n) is 14.2. The minimum Gasteiger partial charge on any atom is -0.261 e. The van der Waals surface area contributed by atoms with Crippen molar-refractivity contribution in [2.75, 3.05) is 0 Å². The Morgan fingerprint density at radius 1 is 0.591 bits per heavy atom. The summed E-state index contributed by atoms with van der Waals surface area (Å²) in [5, 5.41) is 0. The maximum atomic E-state index is 4.86. The molecule has 0 saturated carbocycles. The molecule has 0 amide bonds. The van der Waals surface area contributed by atoms with Crippen molar-refractivity contribution in [1.82, 2.24) is 9.97 Å². The molecule has 0 fully saturated rings. The minimum atomic E-state index is 0. The van der Waals surface area contributed by atoms with E-state index in [2.05, 4.69) is 102 Å². The first-order valence-corrected chi connectivity index (χ1v) is 15.0. The van der Waals surface area contributed by atoms with Gasteiger partial charge in [-0.2, -0.15) is 0 Å². The van der Waals surface area contributed by atoms with Crippen LogP contribution >= 0.6 is 15.9 Å². The van der Waals surface area contributed by atoms with Crippen molar-refractivity contribution in [2.24, 2.45) is 9.98 Å². The fraction of sp³-hybridized carbons (Fsp3) is 0.189. The van der Waals surface area contributed by atoms with Crippen molar-refractivity contribution in [3.8, 4) is 0 Å². The molecule has 7 heteroatoms. The molecule has 2 radical (unpaired) electrons. The van der Waals surface area contributed by atoms with Crippen molar-refractivity contribution < 1.29 is 34.1 Å². The molecular weight excluding hydrogens is 707 g/mol. The fourth-order valence-electron chi connectivity index (χ4n) is 5.45. The van der Waals surface area contributed by atoms with Crippen LogP contribution < -0.4 is 0 Å². The van der Waals surface area contributed by atoms with Gasteiger partial charge < -0.3 is 0 Å². The molecular formula is C37H35BrCu2N4. The summed E-state index contributed by atoms with van der Waals surface area (Å²) in [5.74, 6) is 0.0750. The summed E-state index contributed by atoms with van der Waals surface area (Å²) < 4.78 is 1.07. The fourth-order valence-corrected chi connectivity index (χ4v) is 5.71. The number of hydrogen-bond acceptors (Lipinski definition) is 4. The second kappa shape index (κ2) is 16.8. The maximum absolute atomic E-state index is 4.86. The van der Waals surface area contributed by atoms with Crippen LogP contribution in [0.2, 0.25) is 0 Å². The number of aryl methyl sites for hydroxylation is 4. The number of nitrogens with zero attached hydrogens (tertiary/aromatic N) is 4. The molecule has 232 valence electrons. The van der Waals surface area contributed by atoms with Crippen LogP contribution in [0.3, 0.4) is 0 Å². The van der Waals surface area contributed by atoms with Gasteiger partial charge in [-0.05, 0) is 103 Å². The Morgan fingerprint density at radius 3 is 1.36 bits per heavy atom. The molecule has 5 aromatic rings. The second-order valence-corrected chi connectivity index (χ2v) is 11.6. The van der Waals surface area contributed by atoms with Crippen LogP contribution in [-0.4, -0.2) is 22.4 Å². The number of aliphatic imine (C=N–C) groups is 2. The van der Waals surface area contributed by atoms with Gasteiger partial charge in [0, 0.05) is 93.6 Å². The van der Waals surface area contributed by atoms with E-state index in [4.69, 9.17) is 9.98 Å². The quantitative estimate of drug-likeness (QED) is 0.0859. The number of halogens is 1. The van der Waals surface area contributed by atoms with Crippen molar-refractivity contribution in [3.05, 3.63) is 152 Å². The average Bonchev–Trinajstić information content (AvgIpc) is 2.98. The molecule has 3 aromatic carbocycles. The minimum absolute atomic E-state index is 0. The van der Waals surface area contributed by atoms with Crippen LogP contribution in [0.25, 0.3) is 0 Å². The third-order valence-corrected chi connectivity index (χ3v) is 7.92. The average molecular weight is 743 g/mol. The standard InChI is InChI=1S/C37H35BrN4.2Cu/c1-25-21-30(22-26(2)36(25)41-19-15-33-9-5-7-17-39-33)35(29-11-13-32(38)14-12-29)31-23-27(3)37(28(4)24-31)42-20-16-34-10-6-8-18-40-34;;/h5-14,17-24,35H,15-16H2,1-4H3;;. The zero-order valence-corrected chi connectivity index (χ0v) is 28.6. The molecule has 2 aromatic heterocycles. The van der Waals surface area contributed by atoms with E-state index < -0.39 is 0 Å². The van der Waals surface area contributed by atoms with E-state index in [-0.39, 0.29) is 40.1 Å². The van der Waals surface area contributed by atoms with E-state index in [0.29, 0.717) is 12.8 Å². The molecule has 0 aliphatic carbocycles.